The van der Waals surface area contributed by atoms with E-state index in [1.807, 2.05) is 0 Å². The number of ether oxygens (including phenoxy) is 1. The lowest BCUT2D eigenvalue weighted by atomic mass is 10.1. The number of phenolic OH excluding ortho intramolecular Hbond substituents is 1. The minimum Gasteiger partial charge on any atom is -0.504 e. The van der Waals surface area contributed by atoms with Gasteiger partial charge in [0.05, 0.1) is 28.7 Å². The number of methoxy groups -OCH3 is 1. The summed E-state index contributed by atoms with van der Waals surface area (Å²) in [6.07, 6.45) is 1.77. The van der Waals surface area contributed by atoms with Gasteiger partial charge in [-0.15, -0.1) is 23.5 Å². The second-order valence-corrected chi connectivity index (χ2v) is 8.92. The van der Waals surface area contributed by atoms with Gasteiger partial charge in [0, 0.05) is 12.6 Å². The summed E-state index contributed by atoms with van der Waals surface area (Å²) in [6.45, 7) is 4.75. The summed E-state index contributed by atoms with van der Waals surface area (Å²) >= 11 is 3.61. The molecule has 9 heteroatoms. The summed E-state index contributed by atoms with van der Waals surface area (Å²) in [5.41, 5.74) is -0.444. The van der Waals surface area contributed by atoms with E-state index in [0.717, 1.165) is 30.4 Å². The number of nitrogens with zero attached hydrogens (tertiary/aromatic N) is 2. The van der Waals surface area contributed by atoms with Gasteiger partial charge in [0.1, 0.15) is 5.56 Å². The number of likely N-dealkylation sites (tertiary alicyclic amines) is 1. The van der Waals surface area contributed by atoms with E-state index in [1.165, 1.54) is 13.2 Å². The van der Waals surface area contributed by atoms with Crippen LogP contribution in [0.4, 0.5) is 5.69 Å². The van der Waals surface area contributed by atoms with Crippen molar-refractivity contribution in [2.24, 2.45) is 0 Å². The fraction of sp³-hybridized carbons (Fsp3) is 0.588. The van der Waals surface area contributed by atoms with Crippen molar-refractivity contribution in [3.8, 4) is 11.5 Å². The maximum Gasteiger partial charge on any atom is 0.286 e. The van der Waals surface area contributed by atoms with E-state index in [9.17, 15) is 20.0 Å². The number of hydrogen-bond acceptors (Lipinski definition) is 7. The second kappa shape index (κ2) is 9.36. The minimum absolute atomic E-state index is 0.0387. The number of hydrogen-bond donors (Lipinski definition) is 1. The van der Waals surface area contributed by atoms with Crippen LogP contribution in [-0.4, -0.2) is 56.6 Å². The molecule has 0 radical (unpaired) electrons. The van der Waals surface area contributed by atoms with Crippen LogP contribution in [0.2, 0.25) is 0 Å². The molecule has 1 N–H and O–H groups in total. The van der Waals surface area contributed by atoms with Crippen molar-refractivity contribution >= 4 is 35.1 Å². The first kappa shape index (κ1) is 20.7. The molecule has 0 spiro atoms. The van der Waals surface area contributed by atoms with Crippen LogP contribution in [0, 0.1) is 10.1 Å². The van der Waals surface area contributed by atoms with Gasteiger partial charge in [-0.25, -0.2) is 0 Å². The van der Waals surface area contributed by atoms with E-state index >= 15 is 0 Å². The maximum absolute atomic E-state index is 13.1. The molecule has 0 aromatic heterocycles. The van der Waals surface area contributed by atoms with Gasteiger partial charge in [-0.3, -0.25) is 14.9 Å². The monoisotopic (exact) mass is 400 g/mol. The molecule has 1 aromatic rings. The molecule has 1 aliphatic heterocycles. The van der Waals surface area contributed by atoms with Crippen LogP contribution in [0.5, 0.6) is 11.5 Å². The first-order valence-electron chi connectivity index (χ1n) is 8.54. The molecule has 0 saturated carbocycles. The van der Waals surface area contributed by atoms with Crippen molar-refractivity contribution in [3.63, 3.8) is 0 Å². The summed E-state index contributed by atoms with van der Waals surface area (Å²) < 4.78 is 5.28. The number of phenols is 1. The molecule has 0 unspecified atom stereocenters. The molecule has 1 saturated heterocycles. The van der Waals surface area contributed by atoms with Crippen molar-refractivity contribution in [1.82, 2.24) is 4.90 Å². The number of rotatable bonds is 8. The van der Waals surface area contributed by atoms with Crippen LogP contribution >= 0.6 is 23.5 Å². The average molecular weight is 401 g/mol. The van der Waals surface area contributed by atoms with E-state index in [-0.39, 0.29) is 33.6 Å². The highest BCUT2D eigenvalue weighted by Crippen LogP contribution is 2.38. The number of aromatic hydroxyl groups is 1. The number of nitro benzene ring substituents is 1. The molecular formula is C17H24N2O5S2. The summed E-state index contributed by atoms with van der Waals surface area (Å²) in [4.78, 5) is 25.6. The standard InChI is InChI=1S/C17H24N2O5S2/c1-4-25-17(26-5-2)12-7-6-8-18(12)16(21)11-9-15(24-3)14(20)10-13(11)19(22)23/h9-10,12,17,20H,4-8H2,1-3H3/t12-/m0/s1. The zero-order valence-electron chi connectivity index (χ0n) is 15.1. The number of carbonyl (C=O) groups excluding carboxylic acids is 1. The minimum atomic E-state index is -0.642. The highest BCUT2D eigenvalue weighted by atomic mass is 32.2. The fourth-order valence-corrected chi connectivity index (χ4v) is 5.99. The van der Waals surface area contributed by atoms with Crippen LogP contribution < -0.4 is 4.74 Å². The zero-order chi connectivity index (χ0) is 19.3. The third-order valence-corrected chi connectivity index (χ3v) is 7.03. The van der Waals surface area contributed by atoms with E-state index in [2.05, 4.69) is 13.8 Å². The predicted octanol–water partition coefficient (Wildman–Crippen LogP) is 3.75. The van der Waals surface area contributed by atoms with Gasteiger partial charge in [-0.05, 0) is 24.3 Å². The molecular weight excluding hydrogens is 376 g/mol. The lowest BCUT2D eigenvalue weighted by Crippen LogP contribution is -2.41. The first-order chi connectivity index (χ1) is 12.4. The number of thioether (sulfide) groups is 2. The van der Waals surface area contributed by atoms with Crippen molar-refractivity contribution < 1.29 is 19.6 Å². The molecule has 144 valence electrons. The molecule has 7 nitrogen and oxygen atoms in total. The quantitative estimate of drug-likeness (QED) is 0.403. The van der Waals surface area contributed by atoms with Gasteiger partial charge < -0.3 is 14.7 Å². The van der Waals surface area contributed by atoms with Crippen LogP contribution in [0.1, 0.15) is 37.0 Å². The van der Waals surface area contributed by atoms with Crippen molar-refractivity contribution in [3.05, 3.63) is 27.8 Å². The first-order valence-corrected chi connectivity index (χ1v) is 10.6. The molecule has 1 amide bonds. The highest BCUT2D eigenvalue weighted by Gasteiger charge is 2.38. The predicted molar refractivity (Wildman–Crippen MR) is 105 cm³/mol. The molecule has 1 aromatic carbocycles. The Kier molecular flexibility index (Phi) is 7.45. The topological polar surface area (TPSA) is 92.9 Å². The number of benzene rings is 1. The third kappa shape index (κ3) is 4.37. The Morgan fingerprint density at radius 1 is 1.42 bits per heavy atom. The van der Waals surface area contributed by atoms with E-state index in [0.29, 0.717) is 6.54 Å². The number of amides is 1. The molecule has 0 aliphatic carbocycles. The van der Waals surface area contributed by atoms with Gasteiger partial charge in [0.15, 0.2) is 11.5 Å². The van der Waals surface area contributed by atoms with Crippen LogP contribution in [0.25, 0.3) is 0 Å². The molecule has 0 bridgehead atoms. The van der Waals surface area contributed by atoms with Gasteiger partial charge in [-0.2, -0.15) is 0 Å². The molecule has 26 heavy (non-hydrogen) atoms. The Morgan fingerprint density at radius 2 is 2.08 bits per heavy atom. The normalized spacial score (nSPS) is 16.9. The summed E-state index contributed by atoms with van der Waals surface area (Å²) in [7, 11) is 1.35. The lowest BCUT2D eigenvalue weighted by Gasteiger charge is -2.31. The van der Waals surface area contributed by atoms with Crippen molar-refractivity contribution in [2.75, 3.05) is 25.2 Å². The highest BCUT2D eigenvalue weighted by molar-refractivity contribution is 8.17. The summed E-state index contributed by atoms with van der Waals surface area (Å²) in [5, 5.41) is 21.2. The average Bonchev–Trinajstić information content (AvgIpc) is 3.10. The summed E-state index contributed by atoms with van der Waals surface area (Å²) in [5.74, 6) is 1.22. The Hall–Kier alpha value is -1.61. The van der Waals surface area contributed by atoms with E-state index in [4.69, 9.17) is 4.74 Å². The molecule has 1 atom stereocenters. The van der Waals surface area contributed by atoms with Gasteiger partial charge in [0.2, 0.25) is 0 Å². The van der Waals surface area contributed by atoms with Crippen LogP contribution in [0.3, 0.4) is 0 Å². The SMILES string of the molecule is CCSC(SCC)[C@@H]1CCCN1C(=O)c1cc(OC)c(O)cc1[N+](=O)[O-]. The Bertz CT molecular complexity index is 665. The number of carbonyl (C=O) groups is 1. The van der Waals surface area contributed by atoms with E-state index in [1.54, 1.807) is 28.4 Å². The van der Waals surface area contributed by atoms with Crippen LogP contribution in [-0.2, 0) is 0 Å². The van der Waals surface area contributed by atoms with Gasteiger partial charge >= 0.3 is 0 Å². The maximum atomic E-state index is 13.1. The van der Waals surface area contributed by atoms with E-state index < -0.39 is 10.6 Å². The summed E-state index contributed by atoms with van der Waals surface area (Å²) in [6, 6.07) is 2.29. The lowest BCUT2D eigenvalue weighted by molar-refractivity contribution is -0.385. The van der Waals surface area contributed by atoms with Crippen LogP contribution in [0.15, 0.2) is 12.1 Å². The van der Waals surface area contributed by atoms with Gasteiger partial charge in [-0.1, -0.05) is 13.8 Å². The largest absolute Gasteiger partial charge is 0.504 e. The Balaban J connectivity index is 2.38. The molecule has 2 rings (SSSR count). The zero-order valence-corrected chi connectivity index (χ0v) is 16.8. The van der Waals surface area contributed by atoms with Crippen molar-refractivity contribution in [2.45, 2.75) is 37.3 Å². The fourth-order valence-electron chi connectivity index (χ4n) is 3.12. The Labute approximate surface area is 161 Å². The van der Waals surface area contributed by atoms with Crippen molar-refractivity contribution in [1.29, 1.82) is 0 Å². The van der Waals surface area contributed by atoms with Gasteiger partial charge in [0.25, 0.3) is 11.6 Å². The Morgan fingerprint density at radius 3 is 2.62 bits per heavy atom. The molecule has 1 aliphatic rings. The smallest absolute Gasteiger partial charge is 0.286 e. The molecule has 1 heterocycles. The molecule has 1 fully saturated rings. The number of nitro groups is 1. The second-order valence-electron chi connectivity index (χ2n) is 5.79. The third-order valence-electron chi connectivity index (χ3n) is 4.26.